The van der Waals surface area contributed by atoms with Crippen molar-refractivity contribution in [2.45, 2.75) is 6.92 Å². The Balaban J connectivity index is 1.51. The lowest BCUT2D eigenvalue weighted by Crippen LogP contribution is -2.50. The molecule has 7 heteroatoms. The molecule has 0 unspecified atom stereocenters. The zero-order chi connectivity index (χ0) is 18.5. The lowest BCUT2D eigenvalue weighted by Gasteiger charge is -2.36. The Morgan fingerprint density at radius 2 is 1.81 bits per heavy atom. The van der Waals surface area contributed by atoms with Crippen LogP contribution in [-0.4, -0.2) is 48.5 Å². The van der Waals surface area contributed by atoms with Gasteiger partial charge < -0.3 is 14.5 Å². The summed E-state index contributed by atoms with van der Waals surface area (Å²) in [5, 5.41) is 10.9. The van der Waals surface area contributed by atoms with Gasteiger partial charge in [-0.2, -0.15) is 0 Å². The minimum atomic E-state index is -0.397. The van der Waals surface area contributed by atoms with Gasteiger partial charge in [0.15, 0.2) is 6.61 Å². The number of carbonyl (C=O) groups excluding carboxylic acids is 1. The Bertz CT molecular complexity index is 784. The number of amides is 1. The van der Waals surface area contributed by atoms with Crippen molar-refractivity contribution in [3.63, 3.8) is 0 Å². The van der Waals surface area contributed by atoms with Crippen molar-refractivity contribution in [2.75, 3.05) is 37.7 Å². The van der Waals surface area contributed by atoms with E-state index in [1.54, 1.807) is 17.0 Å². The number of carbonyl (C=O) groups is 1. The van der Waals surface area contributed by atoms with Crippen LogP contribution in [0.3, 0.4) is 0 Å². The van der Waals surface area contributed by atoms with Crippen molar-refractivity contribution in [3.8, 4) is 5.75 Å². The number of rotatable bonds is 5. The first kappa shape index (κ1) is 17.7. The summed E-state index contributed by atoms with van der Waals surface area (Å²) in [4.78, 5) is 26.6. The van der Waals surface area contributed by atoms with E-state index in [1.807, 2.05) is 37.3 Å². The number of nitrogens with zero attached hydrogens (tertiary/aromatic N) is 3. The number of nitro groups is 1. The standard InChI is InChI=1S/C19H21N3O4/c1-15-5-7-18(8-6-15)26-14-19(23)21-11-9-20(10-12-21)16-3-2-4-17(13-16)22(24)25/h2-8,13H,9-12,14H2,1H3. The molecule has 1 amide bonds. The van der Waals surface area contributed by atoms with Crippen molar-refractivity contribution in [3.05, 3.63) is 64.2 Å². The Kier molecular flexibility index (Phi) is 5.36. The van der Waals surface area contributed by atoms with Crippen LogP contribution >= 0.6 is 0 Å². The van der Waals surface area contributed by atoms with Crippen LogP contribution in [0.2, 0.25) is 0 Å². The van der Waals surface area contributed by atoms with Gasteiger partial charge >= 0.3 is 0 Å². The third-order valence-corrected chi connectivity index (χ3v) is 4.42. The number of piperazine rings is 1. The summed E-state index contributed by atoms with van der Waals surface area (Å²) in [6.45, 7) is 4.42. The van der Waals surface area contributed by atoms with E-state index in [4.69, 9.17) is 4.74 Å². The molecular weight excluding hydrogens is 334 g/mol. The molecule has 0 radical (unpaired) electrons. The molecule has 0 aromatic heterocycles. The van der Waals surface area contributed by atoms with E-state index in [1.165, 1.54) is 6.07 Å². The number of aryl methyl sites for hydroxylation is 1. The molecule has 0 atom stereocenters. The van der Waals surface area contributed by atoms with Gasteiger partial charge in [0.1, 0.15) is 5.75 Å². The SMILES string of the molecule is Cc1ccc(OCC(=O)N2CCN(c3cccc([N+](=O)[O-])c3)CC2)cc1. The zero-order valence-electron chi connectivity index (χ0n) is 14.6. The second-order valence-corrected chi connectivity index (χ2v) is 6.25. The molecule has 2 aromatic carbocycles. The topological polar surface area (TPSA) is 75.9 Å². The molecule has 7 nitrogen and oxygen atoms in total. The van der Waals surface area contributed by atoms with E-state index < -0.39 is 4.92 Å². The monoisotopic (exact) mass is 355 g/mol. The average molecular weight is 355 g/mol. The van der Waals surface area contributed by atoms with Gasteiger partial charge in [-0.25, -0.2) is 0 Å². The number of hydrogen-bond donors (Lipinski definition) is 0. The first-order valence-electron chi connectivity index (χ1n) is 8.49. The largest absolute Gasteiger partial charge is 0.484 e. The summed E-state index contributed by atoms with van der Waals surface area (Å²) >= 11 is 0. The number of ether oxygens (including phenoxy) is 1. The van der Waals surface area contributed by atoms with Crippen LogP contribution in [0, 0.1) is 17.0 Å². The lowest BCUT2D eigenvalue weighted by molar-refractivity contribution is -0.384. The van der Waals surface area contributed by atoms with E-state index >= 15 is 0 Å². The Labute approximate surface area is 151 Å². The maximum absolute atomic E-state index is 12.3. The maximum Gasteiger partial charge on any atom is 0.271 e. The summed E-state index contributed by atoms with van der Waals surface area (Å²) in [5.74, 6) is 0.628. The summed E-state index contributed by atoms with van der Waals surface area (Å²) in [6, 6.07) is 14.2. The first-order valence-corrected chi connectivity index (χ1v) is 8.49. The summed E-state index contributed by atoms with van der Waals surface area (Å²) in [6.07, 6.45) is 0. The molecule has 1 aliphatic rings. The second kappa shape index (κ2) is 7.86. The van der Waals surface area contributed by atoms with E-state index in [2.05, 4.69) is 4.90 Å². The Morgan fingerprint density at radius 3 is 2.46 bits per heavy atom. The van der Waals surface area contributed by atoms with E-state index in [0.717, 1.165) is 11.3 Å². The average Bonchev–Trinajstić information content (AvgIpc) is 2.67. The molecule has 0 spiro atoms. The van der Waals surface area contributed by atoms with Gasteiger partial charge in [-0.15, -0.1) is 0 Å². The van der Waals surface area contributed by atoms with E-state index in [0.29, 0.717) is 31.9 Å². The number of nitro benzene ring substituents is 1. The molecule has 26 heavy (non-hydrogen) atoms. The number of non-ortho nitro benzene ring substituents is 1. The minimum Gasteiger partial charge on any atom is -0.484 e. The predicted octanol–water partition coefficient (Wildman–Crippen LogP) is 2.63. The second-order valence-electron chi connectivity index (χ2n) is 6.25. The lowest BCUT2D eigenvalue weighted by atomic mass is 10.2. The van der Waals surface area contributed by atoms with Crippen molar-refractivity contribution in [1.29, 1.82) is 0 Å². The van der Waals surface area contributed by atoms with Crippen molar-refractivity contribution >= 4 is 17.3 Å². The quantitative estimate of drug-likeness (QED) is 0.609. The van der Waals surface area contributed by atoms with Crippen molar-refractivity contribution in [2.24, 2.45) is 0 Å². The highest BCUT2D eigenvalue weighted by Crippen LogP contribution is 2.22. The van der Waals surface area contributed by atoms with Crippen molar-refractivity contribution in [1.82, 2.24) is 4.90 Å². The third kappa shape index (κ3) is 4.30. The molecule has 0 bridgehead atoms. The van der Waals surface area contributed by atoms with E-state index in [-0.39, 0.29) is 18.2 Å². The fraction of sp³-hybridized carbons (Fsp3) is 0.316. The maximum atomic E-state index is 12.3. The van der Waals surface area contributed by atoms with Gasteiger partial charge in [0.2, 0.25) is 0 Å². The molecule has 3 rings (SSSR count). The third-order valence-electron chi connectivity index (χ3n) is 4.42. The van der Waals surface area contributed by atoms with Gasteiger partial charge in [-0.3, -0.25) is 14.9 Å². The molecular formula is C19H21N3O4. The summed E-state index contributed by atoms with van der Waals surface area (Å²) in [5.41, 5.74) is 2.02. The smallest absolute Gasteiger partial charge is 0.271 e. The molecule has 1 aliphatic heterocycles. The van der Waals surface area contributed by atoms with Crippen LogP contribution in [-0.2, 0) is 4.79 Å². The molecule has 0 N–H and O–H groups in total. The minimum absolute atomic E-state index is 0.0138. The Morgan fingerprint density at radius 1 is 1.12 bits per heavy atom. The molecule has 1 heterocycles. The number of hydrogen-bond acceptors (Lipinski definition) is 5. The predicted molar refractivity (Wildman–Crippen MR) is 98.6 cm³/mol. The van der Waals surface area contributed by atoms with Gasteiger partial charge in [-0.1, -0.05) is 23.8 Å². The fourth-order valence-corrected chi connectivity index (χ4v) is 2.89. The van der Waals surface area contributed by atoms with Gasteiger partial charge in [0, 0.05) is 44.0 Å². The summed E-state index contributed by atoms with van der Waals surface area (Å²) < 4.78 is 5.55. The van der Waals surface area contributed by atoms with Gasteiger partial charge in [0.05, 0.1) is 4.92 Å². The van der Waals surface area contributed by atoms with E-state index in [9.17, 15) is 14.9 Å². The molecule has 0 saturated carbocycles. The van der Waals surface area contributed by atoms with Crippen LogP contribution in [0.25, 0.3) is 0 Å². The van der Waals surface area contributed by atoms with Crippen LogP contribution in [0.4, 0.5) is 11.4 Å². The van der Waals surface area contributed by atoms with Crippen LogP contribution in [0.1, 0.15) is 5.56 Å². The van der Waals surface area contributed by atoms with Crippen molar-refractivity contribution < 1.29 is 14.5 Å². The number of anilines is 1. The van der Waals surface area contributed by atoms with Gasteiger partial charge in [-0.05, 0) is 25.1 Å². The normalized spacial score (nSPS) is 14.2. The number of benzene rings is 2. The Hall–Kier alpha value is -3.09. The highest BCUT2D eigenvalue weighted by molar-refractivity contribution is 5.78. The molecule has 0 aliphatic carbocycles. The molecule has 1 saturated heterocycles. The highest BCUT2D eigenvalue weighted by atomic mass is 16.6. The van der Waals surface area contributed by atoms with Crippen LogP contribution in [0.5, 0.6) is 5.75 Å². The zero-order valence-corrected chi connectivity index (χ0v) is 14.6. The summed E-state index contributed by atoms with van der Waals surface area (Å²) in [7, 11) is 0. The molecule has 2 aromatic rings. The fourth-order valence-electron chi connectivity index (χ4n) is 2.89. The van der Waals surface area contributed by atoms with Crippen LogP contribution in [0.15, 0.2) is 48.5 Å². The molecule has 1 fully saturated rings. The highest BCUT2D eigenvalue weighted by Gasteiger charge is 2.22. The first-order chi connectivity index (χ1) is 12.5. The van der Waals surface area contributed by atoms with Gasteiger partial charge in [0.25, 0.3) is 11.6 Å². The molecule has 136 valence electrons. The van der Waals surface area contributed by atoms with Crippen LogP contribution < -0.4 is 9.64 Å².